The fourth-order valence-corrected chi connectivity index (χ4v) is 4.21. The molecule has 4 atom stereocenters. The molecule has 0 unspecified atom stereocenters. The second-order valence-electron chi connectivity index (χ2n) is 7.26. The number of phenols is 2. The molecule has 8 heteroatoms. The van der Waals surface area contributed by atoms with Crippen LogP contribution in [0.15, 0.2) is 36.6 Å². The van der Waals surface area contributed by atoms with Crippen molar-refractivity contribution in [3.8, 4) is 11.5 Å². The lowest BCUT2D eigenvalue weighted by atomic mass is 9.76. The molecule has 8 nitrogen and oxygen atoms in total. The number of aliphatic hydroxyl groups is 1. The molecule has 2 heterocycles. The number of rotatable bonds is 4. The number of fused-ring (bicyclic) bond motifs is 1. The summed E-state index contributed by atoms with van der Waals surface area (Å²) in [5.41, 5.74) is 1.74. The summed E-state index contributed by atoms with van der Waals surface area (Å²) in [6.45, 7) is 5.64. The highest BCUT2D eigenvalue weighted by Crippen LogP contribution is 2.44. The van der Waals surface area contributed by atoms with Crippen molar-refractivity contribution in [1.82, 2.24) is 4.90 Å². The summed E-state index contributed by atoms with van der Waals surface area (Å²) in [5.74, 6) is -2.38. The third-order valence-corrected chi connectivity index (χ3v) is 5.70. The summed E-state index contributed by atoms with van der Waals surface area (Å²) in [6.07, 6.45) is 2.32. The van der Waals surface area contributed by atoms with E-state index in [1.807, 2.05) is 0 Å². The number of aromatic hydroxyl groups is 2. The van der Waals surface area contributed by atoms with E-state index in [2.05, 4.69) is 6.58 Å². The monoisotopic (exact) mass is 403 g/mol. The Balaban J connectivity index is 2.06. The molecular formula is C21H25NO7. The molecule has 1 aromatic rings. The third kappa shape index (κ3) is 3.80. The van der Waals surface area contributed by atoms with Gasteiger partial charge in [0.15, 0.2) is 11.5 Å². The smallest absolute Gasteiger partial charge is 0.337 e. The molecule has 0 aliphatic carbocycles. The number of phenolic OH excluding ortho intramolecular Hbond substituents is 2. The maximum atomic E-state index is 12.3. The highest BCUT2D eigenvalue weighted by atomic mass is 16.6. The second kappa shape index (κ2) is 8.16. The molecule has 1 aromatic carbocycles. The fourth-order valence-electron chi connectivity index (χ4n) is 4.21. The first-order valence-electron chi connectivity index (χ1n) is 9.34. The summed E-state index contributed by atoms with van der Waals surface area (Å²) >= 11 is 0. The van der Waals surface area contributed by atoms with Crippen molar-refractivity contribution in [3.63, 3.8) is 0 Å². The number of carbonyl (C=O) groups is 2. The predicted octanol–water partition coefficient (Wildman–Crippen LogP) is 1.76. The van der Waals surface area contributed by atoms with Gasteiger partial charge in [0, 0.05) is 25.3 Å². The Morgan fingerprint density at radius 1 is 1.34 bits per heavy atom. The Morgan fingerprint density at radius 2 is 2.03 bits per heavy atom. The number of amides is 1. The van der Waals surface area contributed by atoms with Crippen LogP contribution in [0, 0.1) is 11.8 Å². The van der Waals surface area contributed by atoms with E-state index in [1.165, 1.54) is 38.5 Å². The quantitative estimate of drug-likeness (QED) is 0.398. The van der Waals surface area contributed by atoms with Crippen molar-refractivity contribution < 1.29 is 34.4 Å². The number of hydrogen-bond acceptors (Lipinski definition) is 7. The van der Waals surface area contributed by atoms with E-state index in [-0.39, 0.29) is 29.4 Å². The van der Waals surface area contributed by atoms with Crippen molar-refractivity contribution in [3.05, 3.63) is 47.7 Å². The van der Waals surface area contributed by atoms with Gasteiger partial charge in [-0.3, -0.25) is 4.79 Å². The predicted molar refractivity (Wildman–Crippen MR) is 103 cm³/mol. The second-order valence-corrected chi connectivity index (χ2v) is 7.26. The van der Waals surface area contributed by atoms with Crippen LogP contribution in [0.25, 0.3) is 0 Å². The van der Waals surface area contributed by atoms with Gasteiger partial charge in [0.2, 0.25) is 12.2 Å². The van der Waals surface area contributed by atoms with E-state index in [0.29, 0.717) is 18.5 Å². The third-order valence-electron chi connectivity index (χ3n) is 5.70. The van der Waals surface area contributed by atoms with Crippen LogP contribution in [-0.2, 0) is 25.5 Å². The summed E-state index contributed by atoms with van der Waals surface area (Å²) in [5, 5.41) is 30.1. The van der Waals surface area contributed by atoms with Crippen molar-refractivity contribution in [2.24, 2.45) is 11.8 Å². The lowest BCUT2D eigenvalue weighted by molar-refractivity contribution is -0.142. The number of hydrogen-bond donors (Lipinski definition) is 3. The lowest BCUT2D eigenvalue weighted by Gasteiger charge is -2.41. The zero-order valence-corrected chi connectivity index (χ0v) is 16.4. The minimum Gasteiger partial charge on any atom is -0.504 e. The highest BCUT2D eigenvalue weighted by molar-refractivity contribution is 5.89. The zero-order chi connectivity index (χ0) is 21.3. The lowest BCUT2D eigenvalue weighted by Crippen LogP contribution is -2.42. The van der Waals surface area contributed by atoms with Gasteiger partial charge in [-0.05, 0) is 36.1 Å². The number of esters is 1. The van der Waals surface area contributed by atoms with Gasteiger partial charge in [-0.15, -0.1) is 6.58 Å². The fraction of sp³-hybridized carbons (Fsp3) is 0.429. The standard InChI is InChI=1S/C21H25NO7/c1-4-13-15(16(20(26)28-3)10-29-21(13)27)8-17-14-9-19(25)18(24)7-12(14)5-6-22(17)11(2)23/h4,7,9-10,13,15,17,21,24-25,27H,1,5-6,8H2,2-3H3/t13-,15+,17-,21-/m1/s1. The topological polar surface area (TPSA) is 117 Å². The van der Waals surface area contributed by atoms with Gasteiger partial charge in [-0.25, -0.2) is 4.79 Å². The summed E-state index contributed by atoms with van der Waals surface area (Å²) in [6, 6.07) is 2.47. The van der Waals surface area contributed by atoms with E-state index in [1.54, 1.807) is 4.90 Å². The van der Waals surface area contributed by atoms with Gasteiger partial charge in [0.1, 0.15) is 0 Å². The van der Waals surface area contributed by atoms with Crippen LogP contribution >= 0.6 is 0 Å². The minimum atomic E-state index is -1.19. The molecule has 3 rings (SSSR count). The molecular weight excluding hydrogens is 378 g/mol. The molecule has 0 saturated carbocycles. The molecule has 0 spiro atoms. The Labute approximate surface area is 168 Å². The van der Waals surface area contributed by atoms with Crippen LogP contribution in [0.1, 0.15) is 30.5 Å². The van der Waals surface area contributed by atoms with Gasteiger partial charge < -0.3 is 29.7 Å². The number of ether oxygens (including phenoxy) is 2. The van der Waals surface area contributed by atoms with Crippen molar-refractivity contribution in [2.75, 3.05) is 13.7 Å². The maximum absolute atomic E-state index is 12.3. The van der Waals surface area contributed by atoms with Crippen molar-refractivity contribution in [1.29, 1.82) is 0 Å². The normalized spacial score (nSPS) is 26.0. The van der Waals surface area contributed by atoms with E-state index in [0.717, 1.165) is 5.56 Å². The molecule has 0 bridgehead atoms. The first-order chi connectivity index (χ1) is 13.8. The van der Waals surface area contributed by atoms with Gasteiger partial charge in [-0.2, -0.15) is 0 Å². The molecule has 0 saturated heterocycles. The van der Waals surface area contributed by atoms with Crippen molar-refractivity contribution in [2.45, 2.75) is 32.1 Å². The minimum absolute atomic E-state index is 0.153. The zero-order valence-electron chi connectivity index (χ0n) is 16.4. The maximum Gasteiger partial charge on any atom is 0.337 e. The number of nitrogens with zero attached hydrogens (tertiary/aromatic N) is 1. The van der Waals surface area contributed by atoms with Gasteiger partial charge >= 0.3 is 5.97 Å². The van der Waals surface area contributed by atoms with Gasteiger partial charge in [0.25, 0.3) is 0 Å². The van der Waals surface area contributed by atoms with Crippen LogP contribution in [0.2, 0.25) is 0 Å². The Morgan fingerprint density at radius 3 is 2.66 bits per heavy atom. The molecule has 0 fully saturated rings. The van der Waals surface area contributed by atoms with Gasteiger partial charge in [-0.1, -0.05) is 6.08 Å². The number of carbonyl (C=O) groups excluding carboxylic acids is 2. The molecule has 0 radical (unpaired) electrons. The van der Waals surface area contributed by atoms with Crippen molar-refractivity contribution >= 4 is 11.9 Å². The van der Waals surface area contributed by atoms with E-state index < -0.39 is 30.1 Å². The highest BCUT2D eigenvalue weighted by Gasteiger charge is 2.41. The Bertz CT molecular complexity index is 863. The molecule has 2 aliphatic rings. The van der Waals surface area contributed by atoms with Crippen LogP contribution in [0.5, 0.6) is 11.5 Å². The first kappa shape index (κ1) is 20.7. The van der Waals surface area contributed by atoms with Crippen LogP contribution in [0.4, 0.5) is 0 Å². The largest absolute Gasteiger partial charge is 0.504 e. The summed E-state index contributed by atoms with van der Waals surface area (Å²) in [7, 11) is 1.26. The molecule has 3 N–H and O–H groups in total. The van der Waals surface area contributed by atoms with Crippen LogP contribution < -0.4 is 0 Å². The SMILES string of the molecule is C=C[C@H]1[C@H](O)OC=C(C(=O)OC)[C@H]1C[C@@H]1c2cc(O)c(O)cc2CCN1C(C)=O. The average Bonchev–Trinajstić information content (AvgIpc) is 2.69. The number of methoxy groups -OCH3 is 1. The number of benzene rings is 1. The van der Waals surface area contributed by atoms with E-state index in [9.17, 15) is 24.9 Å². The van der Waals surface area contributed by atoms with E-state index in [4.69, 9.17) is 9.47 Å². The van der Waals surface area contributed by atoms with Gasteiger partial charge in [0.05, 0.1) is 25.0 Å². The summed E-state index contributed by atoms with van der Waals surface area (Å²) < 4.78 is 10.0. The molecule has 156 valence electrons. The molecule has 1 amide bonds. The molecule has 2 aliphatic heterocycles. The average molecular weight is 403 g/mol. The Kier molecular flexibility index (Phi) is 5.83. The van der Waals surface area contributed by atoms with E-state index >= 15 is 0 Å². The van der Waals surface area contributed by atoms with Crippen LogP contribution in [-0.4, -0.2) is 52.0 Å². The summed E-state index contributed by atoms with van der Waals surface area (Å²) in [4.78, 5) is 26.3. The number of aliphatic hydroxyl groups excluding tert-OH is 1. The van der Waals surface area contributed by atoms with Crippen LogP contribution in [0.3, 0.4) is 0 Å². The first-order valence-corrected chi connectivity index (χ1v) is 9.34. The Hall–Kier alpha value is -3.00. The molecule has 29 heavy (non-hydrogen) atoms. The molecule has 0 aromatic heterocycles.